The summed E-state index contributed by atoms with van der Waals surface area (Å²) in [6.45, 7) is 1.01. The lowest BCUT2D eigenvalue weighted by Gasteiger charge is -2.04. The number of benzene rings is 1. The van der Waals surface area contributed by atoms with E-state index in [1.165, 1.54) is 30.6 Å². The zero-order valence-corrected chi connectivity index (χ0v) is 10.6. The Hall–Kier alpha value is -2.31. The van der Waals surface area contributed by atoms with Gasteiger partial charge in [0.15, 0.2) is 0 Å². The summed E-state index contributed by atoms with van der Waals surface area (Å²) in [6.07, 6.45) is 0.0649. The largest absolute Gasteiger partial charge is 0.319 e. The van der Waals surface area contributed by atoms with E-state index in [4.69, 9.17) is 0 Å². The quantitative estimate of drug-likeness (QED) is 0.938. The van der Waals surface area contributed by atoms with Crippen molar-refractivity contribution in [3.63, 3.8) is 0 Å². The van der Waals surface area contributed by atoms with Crippen LogP contribution in [-0.2, 0) is 6.54 Å². The van der Waals surface area contributed by atoms with Crippen LogP contribution in [0.25, 0.3) is 0 Å². The fraction of sp³-hybridized carbons (Fsp3) is 0.231. The fourth-order valence-corrected chi connectivity index (χ4v) is 1.66. The van der Waals surface area contributed by atoms with E-state index >= 15 is 0 Å². The molecule has 106 valence electrons. The molecule has 7 heteroatoms. The number of aromatic nitrogens is 2. The molecule has 0 aliphatic heterocycles. The molecule has 0 fully saturated rings. The Morgan fingerprint density at radius 2 is 2.20 bits per heavy atom. The summed E-state index contributed by atoms with van der Waals surface area (Å²) in [7, 11) is 0. The maximum atomic E-state index is 13.1. The van der Waals surface area contributed by atoms with Crippen molar-refractivity contribution in [2.75, 3.05) is 5.32 Å². The molecule has 0 aliphatic rings. The second-order valence-corrected chi connectivity index (χ2v) is 4.26. The third-order valence-electron chi connectivity index (χ3n) is 2.64. The smallest absolute Gasteiger partial charge is 0.257 e. The molecule has 0 bridgehead atoms. The van der Waals surface area contributed by atoms with Crippen molar-refractivity contribution in [3.05, 3.63) is 47.5 Å². The van der Waals surface area contributed by atoms with Gasteiger partial charge in [0.05, 0.1) is 11.9 Å². The highest BCUT2D eigenvalue weighted by molar-refractivity contribution is 6.04. The van der Waals surface area contributed by atoms with Crippen LogP contribution in [0.1, 0.15) is 15.9 Å². The molecule has 0 saturated carbocycles. The summed E-state index contributed by atoms with van der Waals surface area (Å²) in [6, 6.07) is 3.96. The van der Waals surface area contributed by atoms with Crippen molar-refractivity contribution in [1.82, 2.24) is 9.78 Å². The van der Waals surface area contributed by atoms with E-state index in [0.29, 0.717) is 11.3 Å². The van der Waals surface area contributed by atoms with Crippen LogP contribution >= 0.6 is 0 Å². The first-order chi connectivity index (χ1) is 9.45. The number of halogens is 3. The van der Waals surface area contributed by atoms with Gasteiger partial charge in [-0.3, -0.25) is 9.48 Å². The molecule has 1 aromatic heterocycles. The molecular formula is C13H12F3N3O. The van der Waals surface area contributed by atoms with E-state index in [9.17, 15) is 18.0 Å². The Morgan fingerprint density at radius 1 is 1.45 bits per heavy atom. The van der Waals surface area contributed by atoms with Gasteiger partial charge in [0.25, 0.3) is 12.3 Å². The summed E-state index contributed by atoms with van der Waals surface area (Å²) in [4.78, 5) is 11.9. The van der Waals surface area contributed by atoms with E-state index in [1.807, 2.05) is 0 Å². The molecule has 0 atom stereocenters. The van der Waals surface area contributed by atoms with Crippen molar-refractivity contribution in [3.8, 4) is 0 Å². The average molecular weight is 283 g/mol. The number of carbonyl (C=O) groups is 1. The minimum Gasteiger partial charge on any atom is -0.319 e. The monoisotopic (exact) mass is 283 g/mol. The number of anilines is 1. The second kappa shape index (κ2) is 5.77. The Labute approximate surface area is 113 Å². The molecule has 1 amide bonds. The standard InChI is InChI=1S/C13H12F3N3O/c1-8-4-9(2-3-11(8)14)13(20)18-10-5-17-19(6-10)7-12(15)16/h2-6,12H,7H2,1H3,(H,18,20). The number of hydrogen-bond acceptors (Lipinski definition) is 2. The summed E-state index contributed by atoms with van der Waals surface area (Å²) >= 11 is 0. The van der Waals surface area contributed by atoms with Gasteiger partial charge in [-0.05, 0) is 30.7 Å². The number of nitrogens with zero attached hydrogens (tertiary/aromatic N) is 2. The molecule has 1 heterocycles. The maximum Gasteiger partial charge on any atom is 0.257 e. The highest BCUT2D eigenvalue weighted by Crippen LogP contribution is 2.12. The van der Waals surface area contributed by atoms with Crippen LogP contribution in [0.2, 0.25) is 0 Å². The zero-order valence-electron chi connectivity index (χ0n) is 10.6. The van der Waals surface area contributed by atoms with Crippen molar-refractivity contribution < 1.29 is 18.0 Å². The molecule has 1 N–H and O–H groups in total. The van der Waals surface area contributed by atoms with Gasteiger partial charge in [0, 0.05) is 11.8 Å². The van der Waals surface area contributed by atoms with Crippen LogP contribution in [0.5, 0.6) is 0 Å². The van der Waals surface area contributed by atoms with Gasteiger partial charge in [-0.25, -0.2) is 13.2 Å². The van der Waals surface area contributed by atoms with Crippen molar-refractivity contribution in [2.45, 2.75) is 19.9 Å². The topological polar surface area (TPSA) is 46.9 Å². The number of amides is 1. The number of rotatable bonds is 4. The van der Waals surface area contributed by atoms with Crippen LogP contribution in [0.15, 0.2) is 30.6 Å². The first-order valence-corrected chi connectivity index (χ1v) is 5.84. The van der Waals surface area contributed by atoms with Crippen molar-refractivity contribution in [2.24, 2.45) is 0 Å². The van der Waals surface area contributed by atoms with Gasteiger partial charge in [-0.2, -0.15) is 5.10 Å². The van der Waals surface area contributed by atoms with Gasteiger partial charge in [0.1, 0.15) is 12.4 Å². The fourth-order valence-electron chi connectivity index (χ4n) is 1.66. The lowest BCUT2D eigenvalue weighted by Crippen LogP contribution is -2.12. The highest BCUT2D eigenvalue weighted by atomic mass is 19.3. The molecule has 4 nitrogen and oxygen atoms in total. The van der Waals surface area contributed by atoms with E-state index in [1.54, 1.807) is 6.92 Å². The Morgan fingerprint density at radius 3 is 2.85 bits per heavy atom. The number of carbonyl (C=O) groups excluding carboxylic acids is 1. The predicted molar refractivity (Wildman–Crippen MR) is 67.3 cm³/mol. The van der Waals surface area contributed by atoms with E-state index < -0.39 is 24.7 Å². The Kier molecular flexibility index (Phi) is 4.07. The third kappa shape index (κ3) is 3.37. The molecule has 0 aliphatic carbocycles. The first-order valence-electron chi connectivity index (χ1n) is 5.84. The zero-order chi connectivity index (χ0) is 14.7. The molecule has 0 radical (unpaired) electrons. The SMILES string of the molecule is Cc1cc(C(=O)Nc2cnn(CC(F)F)c2)ccc1F. The highest BCUT2D eigenvalue weighted by Gasteiger charge is 2.10. The average Bonchev–Trinajstić information content (AvgIpc) is 2.79. The number of nitrogens with one attached hydrogen (secondary N) is 1. The van der Waals surface area contributed by atoms with Crippen LogP contribution < -0.4 is 5.32 Å². The molecule has 0 spiro atoms. The summed E-state index contributed by atoms with van der Waals surface area (Å²) in [5, 5.41) is 6.21. The van der Waals surface area contributed by atoms with Crippen LogP contribution in [0, 0.1) is 12.7 Å². The van der Waals surface area contributed by atoms with Gasteiger partial charge in [-0.1, -0.05) is 0 Å². The van der Waals surface area contributed by atoms with Crippen molar-refractivity contribution in [1.29, 1.82) is 0 Å². The lowest BCUT2D eigenvalue weighted by molar-refractivity contribution is 0.102. The minimum atomic E-state index is -2.52. The van der Waals surface area contributed by atoms with Gasteiger partial charge in [0.2, 0.25) is 0 Å². The third-order valence-corrected chi connectivity index (χ3v) is 2.64. The van der Waals surface area contributed by atoms with Crippen LogP contribution in [-0.4, -0.2) is 22.1 Å². The summed E-state index contributed by atoms with van der Waals surface area (Å²) in [5.74, 6) is -0.851. The van der Waals surface area contributed by atoms with Gasteiger partial charge in [-0.15, -0.1) is 0 Å². The van der Waals surface area contributed by atoms with Crippen LogP contribution in [0.4, 0.5) is 18.9 Å². The van der Waals surface area contributed by atoms with Gasteiger partial charge >= 0.3 is 0 Å². The minimum absolute atomic E-state index is 0.283. The van der Waals surface area contributed by atoms with Gasteiger partial charge < -0.3 is 5.32 Å². The Balaban J connectivity index is 2.07. The van der Waals surface area contributed by atoms with E-state index in [2.05, 4.69) is 10.4 Å². The molecule has 0 saturated heterocycles. The Bertz CT molecular complexity index is 625. The summed E-state index contributed by atoms with van der Waals surface area (Å²) in [5.41, 5.74) is 0.939. The normalized spacial score (nSPS) is 10.8. The maximum absolute atomic E-state index is 13.1. The van der Waals surface area contributed by atoms with E-state index in [-0.39, 0.29) is 5.56 Å². The number of alkyl halides is 2. The first kappa shape index (κ1) is 14.1. The summed E-state index contributed by atoms with van der Waals surface area (Å²) < 4.78 is 38.4. The van der Waals surface area contributed by atoms with Crippen molar-refractivity contribution >= 4 is 11.6 Å². The van der Waals surface area contributed by atoms with Crippen LogP contribution in [0.3, 0.4) is 0 Å². The molecule has 1 aromatic carbocycles. The molecular weight excluding hydrogens is 271 g/mol. The molecule has 20 heavy (non-hydrogen) atoms. The second-order valence-electron chi connectivity index (χ2n) is 4.26. The molecule has 2 aromatic rings. The molecule has 0 unspecified atom stereocenters. The number of hydrogen-bond donors (Lipinski definition) is 1. The molecule has 2 rings (SSSR count). The van der Waals surface area contributed by atoms with E-state index in [0.717, 1.165) is 4.68 Å². The lowest BCUT2D eigenvalue weighted by atomic mass is 10.1. The number of aryl methyl sites for hydroxylation is 1. The predicted octanol–water partition coefficient (Wildman–Crippen LogP) is 2.85.